The van der Waals surface area contributed by atoms with Crippen LogP contribution in [0.25, 0.3) is 0 Å². The van der Waals surface area contributed by atoms with Gasteiger partial charge in [-0.05, 0) is 6.07 Å². The van der Waals surface area contributed by atoms with E-state index < -0.39 is 0 Å². The summed E-state index contributed by atoms with van der Waals surface area (Å²) in [4.78, 5) is 7.97. The van der Waals surface area contributed by atoms with E-state index in [9.17, 15) is 0 Å². The fourth-order valence-electron chi connectivity index (χ4n) is 1.14. The number of aromatic nitrogens is 5. The summed E-state index contributed by atoms with van der Waals surface area (Å²) >= 11 is 0. The number of nitrogens with one attached hydrogen (secondary N) is 1. The average Bonchev–Trinajstić information content (AvgIpc) is 2.82. The molecule has 2 heterocycles. The molecular formula is C9H9N7. The highest BCUT2D eigenvalue weighted by atomic mass is 15.4. The highest BCUT2D eigenvalue weighted by molar-refractivity contribution is 5.29. The molecular weight excluding hydrogens is 206 g/mol. The van der Waals surface area contributed by atoms with Crippen molar-refractivity contribution in [3.63, 3.8) is 0 Å². The lowest BCUT2D eigenvalue weighted by Gasteiger charge is -2.03. The Balaban J connectivity index is 1.88. The maximum atomic E-state index is 8.65. The van der Waals surface area contributed by atoms with Crippen LogP contribution in [0.4, 0.5) is 5.95 Å². The molecule has 16 heavy (non-hydrogen) atoms. The number of nitrogens with zero attached hydrogens (tertiary/aromatic N) is 6. The lowest BCUT2D eigenvalue weighted by Crippen LogP contribution is -2.13. The summed E-state index contributed by atoms with van der Waals surface area (Å²) in [6, 6.07) is 3.51. The van der Waals surface area contributed by atoms with E-state index in [0.717, 1.165) is 0 Å². The van der Waals surface area contributed by atoms with Crippen LogP contribution in [0.15, 0.2) is 24.7 Å². The first kappa shape index (κ1) is 10.0. The quantitative estimate of drug-likeness (QED) is 0.774. The van der Waals surface area contributed by atoms with Crippen LogP contribution in [0.2, 0.25) is 0 Å². The zero-order valence-corrected chi connectivity index (χ0v) is 8.41. The van der Waals surface area contributed by atoms with Crippen LogP contribution < -0.4 is 5.32 Å². The Hall–Kier alpha value is -2.49. The molecule has 0 atom stereocenters. The van der Waals surface area contributed by atoms with Crippen molar-refractivity contribution in [2.24, 2.45) is 0 Å². The van der Waals surface area contributed by atoms with Gasteiger partial charge in [0.15, 0.2) is 0 Å². The molecule has 0 fully saturated rings. The fraction of sp³-hybridized carbons (Fsp3) is 0.222. The first-order chi connectivity index (χ1) is 7.88. The van der Waals surface area contributed by atoms with Gasteiger partial charge in [-0.25, -0.2) is 9.97 Å². The third kappa shape index (κ3) is 2.51. The highest BCUT2D eigenvalue weighted by Gasteiger charge is 1.97. The number of rotatable bonds is 4. The molecule has 0 unspecified atom stereocenters. The van der Waals surface area contributed by atoms with Crippen LogP contribution in [0.3, 0.4) is 0 Å². The maximum absolute atomic E-state index is 8.65. The van der Waals surface area contributed by atoms with Gasteiger partial charge >= 0.3 is 0 Å². The van der Waals surface area contributed by atoms with Crippen molar-refractivity contribution in [1.29, 1.82) is 5.26 Å². The topological polar surface area (TPSA) is 92.3 Å². The van der Waals surface area contributed by atoms with Crippen LogP contribution in [0.5, 0.6) is 0 Å². The number of hydrogen-bond donors (Lipinski definition) is 1. The normalized spacial score (nSPS) is 9.69. The summed E-state index contributed by atoms with van der Waals surface area (Å²) in [5.41, 5.74) is 0.346. The van der Waals surface area contributed by atoms with Crippen molar-refractivity contribution < 1.29 is 0 Å². The molecule has 7 nitrogen and oxygen atoms in total. The second kappa shape index (κ2) is 4.84. The molecule has 0 amide bonds. The fourth-order valence-corrected chi connectivity index (χ4v) is 1.14. The van der Waals surface area contributed by atoms with Crippen LogP contribution in [0, 0.1) is 11.3 Å². The summed E-state index contributed by atoms with van der Waals surface area (Å²) < 4.78 is 1.70. The highest BCUT2D eigenvalue weighted by Crippen LogP contribution is 1.98. The molecule has 2 aromatic rings. The molecule has 0 aliphatic heterocycles. The van der Waals surface area contributed by atoms with Gasteiger partial charge in [-0.1, -0.05) is 5.21 Å². The molecule has 0 aliphatic rings. The second-order valence-electron chi connectivity index (χ2n) is 2.97. The average molecular weight is 215 g/mol. The summed E-state index contributed by atoms with van der Waals surface area (Å²) in [6.07, 6.45) is 4.93. The van der Waals surface area contributed by atoms with Crippen LogP contribution in [-0.4, -0.2) is 31.5 Å². The Labute approximate surface area is 91.8 Å². The lowest BCUT2D eigenvalue weighted by molar-refractivity contribution is 0.607. The Morgan fingerprint density at radius 2 is 2.38 bits per heavy atom. The standard InChI is InChI=1S/C9H9N7/c10-7-8-1-2-11-9(14-8)12-3-5-16-6-4-13-15-16/h1-2,4,6H,3,5H2,(H,11,12,14). The zero-order chi connectivity index (χ0) is 11.2. The van der Waals surface area contributed by atoms with Gasteiger partial charge in [0, 0.05) is 18.9 Å². The Morgan fingerprint density at radius 1 is 1.44 bits per heavy atom. The van der Waals surface area contributed by atoms with Gasteiger partial charge in [0.25, 0.3) is 0 Å². The van der Waals surface area contributed by atoms with Crippen LogP contribution >= 0.6 is 0 Å². The Kier molecular flexibility index (Phi) is 3.04. The van der Waals surface area contributed by atoms with Crippen molar-refractivity contribution in [2.75, 3.05) is 11.9 Å². The van der Waals surface area contributed by atoms with Gasteiger partial charge in [0.1, 0.15) is 11.8 Å². The monoisotopic (exact) mass is 215 g/mol. The van der Waals surface area contributed by atoms with Gasteiger partial charge in [0.05, 0.1) is 12.7 Å². The summed E-state index contributed by atoms with van der Waals surface area (Å²) in [6.45, 7) is 1.29. The Bertz CT molecular complexity index is 485. The number of hydrogen-bond acceptors (Lipinski definition) is 6. The molecule has 0 aliphatic carbocycles. The van der Waals surface area contributed by atoms with Gasteiger partial charge in [-0.3, -0.25) is 4.68 Å². The van der Waals surface area contributed by atoms with Crippen molar-refractivity contribution >= 4 is 5.95 Å². The van der Waals surface area contributed by atoms with E-state index >= 15 is 0 Å². The van der Waals surface area contributed by atoms with Gasteiger partial charge in [0.2, 0.25) is 5.95 Å². The van der Waals surface area contributed by atoms with E-state index in [4.69, 9.17) is 5.26 Å². The number of anilines is 1. The van der Waals surface area contributed by atoms with E-state index in [1.165, 1.54) is 0 Å². The van der Waals surface area contributed by atoms with E-state index in [1.807, 2.05) is 6.07 Å². The molecule has 0 aromatic carbocycles. The molecule has 0 bridgehead atoms. The van der Waals surface area contributed by atoms with Gasteiger partial charge in [-0.15, -0.1) is 5.10 Å². The van der Waals surface area contributed by atoms with Crippen molar-refractivity contribution in [3.8, 4) is 6.07 Å². The molecule has 80 valence electrons. The Morgan fingerprint density at radius 3 is 3.12 bits per heavy atom. The number of nitriles is 1. The molecule has 2 rings (SSSR count). The van der Waals surface area contributed by atoms with Crippen LogP contribution in [0.1, 0.15) is 5.69 Å². The summed E-state index contributed by atoms with van der Waals surface area (Å²) in [7, 11) is 0. The summed E-state index contributed by atoms with van der Waals surface area (Å²) in [5.74, 6) is 0.444. The van der Waals surface area contributed by atoms with E-state index in [2.05, 4.69) is 25.6 Å². The summed E-state index contributed by atoms with van der Waals surface area (Å²) in [5, 5.41) is 19.1. The molecule has 0 saturated heterocycles. The zero-order valence-electron chi connectivity index (χ0n) is 8.41. The predicted molar refractivity (Wildman–Crippen MR) is 55.3 cm³/mol. The third-order valence-electron chi connectivity index (χ3n) is 1.87. The molecule has 1 N–H and O–H groups in total. The minimum atomic E-state index is 0.346. The molecule has 0 saturated carbocycles. The first-order valence-corrected chi connectivity index (χ1v) is 4.69. The van der Waals surface area contributed by atoms with Crippen molar-refractivity contribution in [1.82, 2.24) is 25.0 Å². The minimum absolute atomic E-state index is 0.346. The molecule has 7 heteroatoms. The van der Waals surface area contributed by atoms with Gasteiger partial charge in [-0.2, -0.15) is 5.26 Å². The van der Waals surface area contributed by atoms with E-state index in [0.29, 0.717) is 24.7 Å². The van der Waals surface area contributed by atoms with Crippen LogP contribution in [-0.2, 0) is 6.54 Å². The molecule has 0 spiro atoms. The third-order valence-corrected chi connectivity index (χ3v) is 1.87. The van der Waals surface area contributed by atoms with E-state index in [-0.39, 0.29) is 0 Å². The smallest absolute Gasteiger partial charge is 0.223 e. The van der Waals surface area contributed by atoms with Crippen molar-refractivity contribution in [3.05, 3.63) is 30.4 Å². The SMILES string of the molecule is N#Cc1ccnc(NCCn2ccnn2)n1. The second-order valence-corrected chi connectivity index (χ2v) is 2.97. The largest absolute Gasteiger partial charge is 0.352 e. The molecule has 2 aromatic heterocycles. The molecule has 0 radical (unpaired) electrons. The minimum Gasteiger partial charge on any atom is -0.352 e. The maximum Gasteiger partial charge on any atom is 0.223 e. The lowest BCUT2D eigenvalue weighted by atomic mass is 10.4. The van der Waals surface area contributed by atoms with Gasteiger partial charge < -0.3 is 5.32 Å². The van der Waals surface area contributed by atoms with Crippen molar-refractivity contribution in [2.45, 2.75) is 6.54 Å². The predicted octanol–water partition coefficient (Wildman–Crippen LogP) is 0.0519. The van der Waals surface area contributed by atoms with E-state index in [1.54, 1.807) is 29.3 Å². The first-order valence-electron chi connectivity index (χ1n) is 4.69.